The minimum atomic E-state index is -0.455. The molecule has 72 valence electrons. The molecule has 4 nitrogen and oxygen atoms in total. The van der Waals surface area contributed by atoms with Crippen molar-refractivity contribution in [2.45, 2.75) is 25.0 Å². The molecule has 1 aromatic heterocycles. The Kier molecular flexibility index (Phi) is 2.33. The molecule has 0 spiro atoms. The zero-order chi connectivity index (χ0) is 9.26. The molecule has 0 saturated carbocycles. The molecule has 1 saturated heterocycles. The van der Waals surface area contributed by atoms with Crippen molar-refractivity contribution in [2.75, 3.05) is 6.54 Å². The third-order valence-electron chi connectivity index (χ3n) is 2.51. The molecule has 2 N–H and O–H groups in total. The van der Waals surface area contributed by atoms with Crippen LogP contribution in [0, 0.1) is 0 Å². The molecule has 0 aliphatic carbocycles. The monoisotopic (exact) mass is 181 g/mol. The van der Waals surface area contributed by atoms with Crippen molar-refractivity contribution in [3.05, 3.63) is 18.2 Å². The summed E-state index contributed by atoms with van der Waals surface area (Å²) in [5, 5.41) is 13.2. The summed E-state index contributed by atoms with van der Waals surface area (Å²) in [5.41, 5.74) is 0.766. The van der Waals surface area contributed by atoms with Gasteiger partial charge in [-0.3, -0.25) is 0 Å². The van der Waals surface area contributed by atoms with Crippen LogP contribution in [0.1, 0.15) is 24.6 Å². The quantitative estimate of drug-likeness (QED) is 0.685. The Labute approximate surface area is 77.6 Å². The number of nitrogens with one attached hydrogen (secondary N) is 1. The molecule has 1 aromatic rings. The van der Waals surface area contributed by atoms with E-state index in [1.165, 1.54) is 0 Å². The van der Waals surface area contributed by atoms with Gasteiger partial charge in [-0.2, -0.15) is 0 Å². The molecular weight excluding hydrogens is 166 g/mol. The van der Waals surface area contributed by atoms with Crippen LogP contribution in [0.15, 0.2) is 12.5 Å². The highest BCUT2D eigenvalue weighted by Gasteiger charge is 2.25. The molecule has 0 radical (unpaired) electrons. The average molecular weight is 181 g/mol. The van der Waals surface area contributed by atoms with E-state index in [2.05, 4.69) is 10.3 Å². The van der Waals surface area contributed by atoms with Gasteiger partial charge in [0.25, 0.3) is 0 Å². The Balaban J connectivity index is 2.07. The summed E-state index contributed by atoms with van der Waals surface area (Å²) in [4.78, 5) is 4.13. The summed E-state index contributed by atoms with van der Waals surface area (Å²) in [5.74, 6) is 0. The fourth-order valence-corrected chi connectivity index (χ4v) is 1.77. The number of hydrogen-bond acceptors (Lipinski definition) is 3. The van der Waals surface area contributed by atoms with E-state index in [-0.39, 0.29) is 6.04 Å². The van der Waals surface area contributed by atoms with Gasteiger partial charge in [0, 0.05) is 19.3 Å². The zero-order valence-corrected chi connectivity index (χ0v) is 7.77. The summed E-state index contributed by atoms with van der Waals surface area (Å²) in [7, 11) is 1.91. The third-order valence-corrected chi connectivity index (χ3v) is 2.51. The highest BCUT2D eigenvalue weighted by molar-refractivity contribution is 5.05. The van der Waals surface area contributed by atoms with Crippen LogP contribution in [0.4, 0.5) is 0 Å². The molecule has 13 heavy (non-hydrogen) atoms. The van der Waals surface area contributed by atoms with Crippen LogP contribution in [0.3, 0.4) is 0 Å². The van der Waals surface area contributed by atoms with E-state index in [4.69, 9.17) is 0 Å². The molecule has 1 aliphatic heterocycles. The molecule has 0 aromatic carbocycles. The summed E-state index contributed by atoms with van der Waals surface area (Å²) < 4.78 is 1.85. The molecule has 1 fully saturated rings. The number of nitrogens with zero attached hydrogens (tertiary/aromatic N) is 2. The maximum atomic E-state index is 9.90. The molecule has 1 unspecified atom stereocenters. The SMILES string of the molecule is Cn1cnc(C(O)[C@H]2CCCN2)c1. The van der Waals surface area contributed by atoms with E-state index in [0.29, 0.717) is 0 Å². The number of imidazole rings is 1. The molecule has 2 atom stereocenters. The summed E-state index contributed by atoms with van der Waals surface area (Å²) >= 11 is 0. The lowest BCUT2D eigenvalue weighted by Gasteiger charge is -2.15. The summed E-state index contributed by atoms with van der Waals surface area (Å²) in [6.07, 6.45) is 5.31. The second kappa shape index (κ2) is 3.47. The lowest BCUT2D eigenvalue weighted by molar-refractivity contribution is 0.133. The fraction of sp³-hybridized carbons (Fsp3) is 0.667. The number of hydrogen-bond donors (Lipinski definition) is 2. The Hall–Kier alpha value is -0.870. The average Bonchev–Trinajstić information content (AvgIpc) is 2.72. The number of aliphatic hydroxyl groups excluding tert-OH is 1. The van der Waals surface area contributed by atoms with Gasteiger partial charge in [0.15, 0.2) is 0 Å². The van der Waals surface area contributed by atoms with Gasteiger partial charge in [-0.25, -0.2) is 4.98 Å². The molecule has 2 heterocycles. The minimum absolute atomic E-state index is 0.190. The lowest BCUT2D eigenvalue weighted by Crippen LogP contribution is -2.28. The van der Waals surface area contributed by atoms with Crippen molar-refractivity contribution >= 4 is 0 Å². The van der Waals surface area contributed by atoms with Crippen molar-refractivity contribution in [3.63, 3.8) is 0 Å². The highest BCUT2D eigenvalue weighted by atomic mass is 16.3. The van der Waals surface area contributed by atoms with Crippen molar-refractivity contribution in [2.24, 2.45) is 7.05 Å². The van der Waals surface area contributed by atoms with Gasteiger partial charge in [0.2, 0.25) is 0 Å². The predicted octanol–water partition coefficient (Wildman–Crippen LogP) is 0.205. The number of aryl methyl sites for hydroxylation is 1. The highest BCUT2D eigenvalue weighted by Crippen LogP contribution is 2.20. The normalized spacial score (nSPS) is 24.9. The Morgan fingerprint density at radius 1 is 1.77 bits per heavy atom. The van der Waals surface area contributed by atoms with Gasteiger partial charge in [0.1, 0.15) is 6.10 Å². The van der Waals surface area contributed by atoms with E-state index in [1.54, 1.807) is 6.33 Å². The van der Waals surface area contributed by atoms with E-state index in [9.17, 15) is 5.11 Å². The van der Waals surface area contributed by atoms with Gasteiger partial charge >= 0.3 is 0 Å². The molecule has 2 rings (SSSR count). The molecule has 0 bridgehead atoms. The first-order chi connectivity index (χ1) is 6.27. The topological polar surface area (TPSA) is 50.1 Å². The maximum Gasteiger partial charge on any atom is 0.113 e. The molecular formula is C9H15N3O. The van der Waals surface area contributed by atoms with Crippen LogP contribution in [-0.4, -0.2) is 27.2 Å². The summed E-state index contributed by atoms with van der Waals surface area (Å²) in [6, 6.07) is 0.190. The standard InChI is InChI=1S/C9H15N3O/c1-12-5-8(11-6-12)9(13)7-3-2-4-10-7/h5-7,9-10,13H,2-4H2,1H3/t7-,9?/m1/s1. The van der Waals surface area contributed by atoms with Gasteiger partial charge in [-0.1, -0.05) is 0 Å². The maximum absolute atomic E-state index is 9.90. The summed E-state index contributed by atoms with van der Waals surface area (Å²) in [6.45, 7) is 1.01. The van der Waals surface area contributed by atoms with E-state index in [1.807, 2.05) is 17.8 Å². The van der Waals surface area contributed by atoms with Crippen molar-refractivity contribution in [1.29, 1.82) is 0 Å². The van der Waals surface area contributed by atoms with Gasteiger partial charge in [-0.05, 0) is 19.4 Å². The van der Waals surface area contributed by atoms with Gasteiger partial charge in [0.05, 0.1) is 12.0 Å². The van der Waals surface area contributed by atoms with E-state index < -0.39 is 6.10 Å². The fourth-order valence-electron chi connectivity index (χ4n) is 1.77. The largest absolute Gasteiger partial charge is 0.385 e. The third kappa shape index (κ3) is 1.73. The van der Waals surface area contributed by atoms with Gasteiger partial charge in [-0.15, -0.1) is 0 Å². The Morgan fingerprint density at radius 2 is 2.62 bits per heavy atom. The molecule has 1 aliphatic rings. The second-order valence-corrected chi connectivity index (χ2v) is 3.61. The van der Waals surface area contributed by atoms with E-state index >= 15 is 0 Å². The number of rotatable bonds is 2. The van der Waals surface area contributed by atoms with Crippen LogP contribution in [-0.2, 0) is 7.05 Å². The van der Waals surface area contributed by atoms with Crippen LogP contribution in [0.25, 0.3) is 0 Å². The van der Waals surface area contributed by atoms with Gasteiger partial charge < -0.3 is 15.0 Å². The zero-order valence-electron chi connectivity index (χ0n) is 7.77. The number of aliphatic hydroxyl groups is 1. The lowest BCUT2D eigenvalue weighted by atomic mass is 10.1. The van der Waals surface area contributed by atoms with Crippen LogP contribution < -0.4 is 5.32 Å². The van der Waals surface area contributed by atoms with Crippen molar-refractivity contribution in [3.8, 4) is 0 Å². The van der Waals surface area contributed by atoms with E-state index in [0.717, 1.165) is 25.1 Å². The molecule has 0 amide bonds. The Morgan fingerprint density at radius 3 is 3.15 bits per heavy atom. The first-order valence-electron chi connectivity index (χ1n) is 4.66. The van der Waals surface area contributed by atoms with Crippen LogP contribution in [0.2, 0.25) is 0 Å². The smallest absolute Gasteiger partial charge is 0.113 e. The first kappa shape index (κ1) is 8.72. The van der Waals surface area contributed by atoms with Crippen molar-refractivity contribution in [1.82, 2.24) is 14.9 Å². The molecule has 4 heteroatoms. The van der Waals surface area contributed by atoms with Crippen LogP contribution >= 0.6 is 0 Å². The number of aromatic nitrogens is 2. The van der Waals surface area contributed by atoms with Crippen LogP contribution in [0.5, 0.6) is 0 Å². The first-order valence-corrected chi connectivity index (χ1v) is 4.66. The van der Waals surface area contributed by atoms with Crippen molar-refractivity contribution < 1.29 is 5.11 Å². The second-order valence-electron chi connectivity index (χ2n) is 3.61. The predicted molar refractivity (Wildman–Crippen MR) is 49.2 cm³/mol. The minimum Gasteiger partial charge on any atom is -0.385 e. The Bertz CT molecular complexity index is 278.